The molecule has 0 fully saturated rings. The van der Waals surface area contributed by atoms with E-state index in [9.17, 15) is 20.0 Å². The second-order valence-electron chi connectivity index (χ2n) is 4.69. The molecule has 5 heteroatoms. The van der Waals surface area contributed by atoms with E-state index in [1.807, 2.05) is 13.8 Å². The first kappa shape index (κ1) is 15.1. The van der Waals surface area contributed by atoms with E-state index in [-0.39, 0.29) is 5.69 Å². The third kappa shape index (κ3) is 3.10. The van der Waals surface area contributed by atoms with Crippen molar-refractivity contribution in [2.24, 2.45) is 0 Å². The molecule has 0 radical (unpaired) electrons. The molecule has 0 aliphatic carbocycles. The maximum atomic E-state index is 11.7. The number of hydrogen-bond acceptors (Lipinski definition) is 3. The fourth-order valence-corrected chi connectivity index (χ4v) is 2.51. The molecule has 1 N–H and O–H groups in total. The highest BCUT2D eigenvalue weighted by Gasteiger charge is 2.38. The molecule has 19 heavy (non-hydrogen) atoms. The molecule has 1 aromatic carbocycles. The number of benzene rings is 1. The van der Waals surface area contributed by atoms with Crippen LogP contribution in [0.5, 0.6) is 0 Å². The van der Waals surface area contributed by atoms with Crippen LogP contribution in [0.25, 0.3) is 0 Å². The lowest BCUT2D eigenvalue weighted by Crippen LogP contribution is -2.35. The van der Waals surface area contributed by atoms with Crippen LogP contribution >= 0.6 is 0 Å². The summed E-state index contributed by atoms with van der Waals surface area (Å²) in [6, 6.07) is 5.88. The second kappa shape index (κ2) is 6.31. The van der Waals surface area contributed by atoms with Gasteiger partial charge < -0.3 is 5.11 Å². The molecular weight excluding hydrogens is 246 g/mol. The minimum Gasteiger partial charge on any atom is -0.481 e. The molecule has 0 unspecified atom stereocenters. The molecule has 104 valence electrons. The van der Waals surface area contributed by atoms with E-state index in [4.69, 9.17) is 0 Å². The van der Waals surface area contributed by atoms with Crippen molar-refractivity contribution in [2.45, 2.75) is 44.9 Å². The van der Waals surface area contributed by atoms with Gasteiger partial charge in [-0.05, 0) is 18.4 Å². The summed E-state index contributed by atoms with van der Waals surface area (Å²) in [7, 11) is 0. The van der Waals surface area contributed by atoms with Gasteiger partial charge in [0.25, 0.3) is 5.69 Å². The average Bonchev–Trinajstić information content (AvgIpc) is 2.38. The van der Waals surface area contributed by atoms with Crippen molar-refractivity contribution in [3.63, 3.8) is 0 Å². The van der Waals surface area contributed by atoms with Crippen LogP contribution < -0.4 is 0 Å². The van der Waals surface area contributed by atoms with Crippen molar-refractivity contribution in [3.8, 4) is 0 Å². The highest BCUT2D eigenvalue weighted by atomic mass is 16.6. The Kier molecular flexibility index (Phi) is 5.03. The summed E-state index contributed by atoms with van der Waals surface area (Å²) >= 11 is 0. The zero-order valence-electron chi connectivity index (χ0n) is 11.3. The quantitative estimate of drug-likeness (QED) is 0.604. The lowest BCUT2D eigenvalue weighted by molar-refractivity contribution is -0.384. The Morgan fingerprint density at radius 3 is 2.00 bits per heavy atom. The maximum absolute atomic E-state index is 11.7. The van der Waals surface area contributed by atoms with E-state index < -0.39 is 16.3 Å². The van der Waals surface area contributed by atoms with Crippen molar-refractivity contribution in [1.82, 2.24) is 0 Å². The normalized spacial score (nSPS) is 11.3. The summed E-state index contributed by atoms with van der Waals surface area (Å²) in [5, 5.41) is 20.2. The highest BCUT2D eigenvalue weighted by molar-refractivity contribution is 5.81. The van der Waals surface area contributed by atoms with Crippen molar-refractivity contribution in [2.75, 3.05) is 0 Å². The van der Waals surface area contributed by atoms with Crippen LogP contribution in [0.3, 0.4) is 0 Å². The van der Waals surface area contributed by atoms with Crippen molar-refractivity contribution >= 4 is 11.7 Å². The van der Waals surface area contributed by atoms with Crippen LogP contribution in [0.15, 0.2) is 24.3 Å². The van der Waals surface area contributed by atoms with E-state index in [0.717, 1.165) is 12.8 Å². The van der Waals surface area contributed by atoms with Crippen LogP contribution in [-0.4, -0.2) is 16.0 Å². The van der Waals surface area contributed by atoms with Gasteiger partial charge in [-0.15, -0.1) is 0 Å². The number of aliphatic carboxylic acids is 1. The lowest BCUT2D eigenvalue weighted by atomic mass is 9.73. The van der Waals surface area contributed by atoms with Gasteiger partial charge >= 0.3 is 5.97 Å². The van der Waals surface area contributed by atoms with Gasteiger partial charge in [-0.3, -0.25) is 14.9 Å². The minimum absolute atomic E-state index is 0.0176. The lowest BCUT2D eigenvalue weighted by Gasteiger charge is -2.29. The van der Waals surface area contributed by atoms with Crippen LogP contribution in [-0.2, 0) is 10.2 Å². The Morgan fingerprint density at radius 1 is 1.21 bits per heavy atom. The Labute approximate surface area is 112 Å². The number of hydrogen-bond donors (Lipinski definition) is 1. The number of carboxylic acid groups (broad SMARTS) is 1. The zero-order chi connectivity index (χ0) is 14.5. The molecule has 0 spiro atoms. The Morgan fingerprint density at radius 2 is 1.68 bits per heavy atom. The van der Waals surface area contributed by atoms with E-state index in [0.29, 0.717) is 18.4 Å². The van der Waals surface area contributed by atoms with Crippen molar-refractivity contribution in [1.29, 1.82) is 0 Å². The molecule has 0 bridgehead atoms. The number of carbonyl (C=O) groups is 1. The summed E-state index contributed by atoms with van der Waals surface area (Å²) in [6.45, 7) is 3.89. The summed E-state index contributed by atoms with van der Waals surface area (Å²) in [4.78, 5) is 21.8. The summed E-state index contributed by atoms with van der Waals surface area (Å²) in [6.07, 6.45) is 2.58. The standard InChI is InChI=1S/C14H19NO4/c1-3-9-14(10-4-2,13(16)17)11-5-7-12(8-6-11)15(18)19/h5-8H,3-4,9-10H2,1-2H3,(H,16,17). The molecule has 0 aromatic heterocycles. The summed E-state index contributed by atoms with van der Waals surface area (Å²) in [5.41, 5.74) is -0.302. The second-order valence-corrected chi connectivity index (χ2v) is 4.69. The fourth-order valence-electron chi connectivity index (χ4n) is 2.51. The molecule has 1 rings (SSSR count). The van der Waals surface area contributed by atoms with Crippen LogP contribution in [0, 0.1) is 10.1 Å². The molecule has 5 nitrogen and oxygen atoms in total. The van der Waals surface area contributed by atoms with Gasteiger partial charge in [0.2, 0.25) is 0 Å². The molecule has 0 saturated heterocycles. The SMILES string of the molecule is CCCC(CCC)(C(=O)O)c1ccc([N+](=O)[O-])cc1. The Balaban J connectivity index is 3.23. The molecule has 0 aliphatic heterocycles. The molecular formula is C14H19NO4. The number of rotatable bonds is 7. The first-order valence-corrected chi connectivity index (χ1v) is 6.46. The van der Waals surface area contributed by atoms with E-state index >= 15 is 0 Å². The predicted octanol–water partition coefficient (Wildman–Crippen LogP) is 3.52. The summed E-state index contributed by atoms with van der Waals surface area (Å²) < 4.78 is 0. The van der Waals surface area contributed by atoms with Gasteiger partial charge in [-0.25, -0.2) is 0 Å². The number of nitro groups is 1. The molecule has 0 heterocycles. The molecule has 0 saturated carbocycles. The molecule has 0 amide bonds. The third-order valence-electron chi connectivity index (χ3n) is 3.39. The molecule has 0 atom stereocenters. The number of nitro benzene ring substituents is 1. The Bertz CT molecular complexity index is 447. The first-order chi connectivity index (χ1) is 8.97. The van der Waals surface area contributed by atoms with Crippen LogP contribution in [0.4, 0.5) is 5.69 Å². The van der Waals surface area contributed by atoms with Crippen LogP contribution in [0.1, 0.15) is 45.1 Å². The minimum atomic E-state index is -0.932. The number of nitrogens with zero attached hydrogens (tertiary/aromatic N) is 1. The maximum Gasteiger partial charge on any atom is 0.314 e. The molecule has 1 aromatic rings. The average molecular weight is 265 g/mol. The number of non-ortho nitro benzene ring substituents is 1. The topological polar surface area (TPSA) is 80.4 Å². The third-order valence-corrected chi connectivity index (χ3v) is 3.39. The van der Waals surface area contributed by atoms with Gasteiger partial charge in [0.1, 0.15) is 0 Å². The van der Waals surface area contributed by atoms with Gasteiger partial charge in [0.05, 0.1) is 10.3 Å². The Hall–Kier alpha value is -1.91. The first-order valence-electron chi connectivity index (χ1n) is 6.46. The van der Waals surface area contributed by atoms with E-state index in [1.165, 1.54) is 12.1 Å². The van der Waals surface area contributed by atoms with E-state index in [1.54, 1.807) is 12.1 Å². The largest absolute Gasteiger partial charge is 0.481 e. The molecule has 0 aliphatic rings. The summed E-state index contributed by atoms with van der Waals surface area (Å²) in [5.74, 6) is -0.856. The zero-order valence-corrected chi connectivity index (χ0v) is 11.3. The van der Waals surface area contributed by atoms with Gasteiger partial charge in [0, 0.05) is 12.1 Å². The monoisotopic (exact) mass is 265 g/mol. The van der Waals surface area contributed by atoms with E-state index in [2.05, 4.69) is 0 Å². The smallest absolute Gasteiger partial charge is 0.314 e. The van der Waals surface area contributed by atoms with Gasteiger partial charge in [-0.2, -0.15) is 0 Å². The van der Waals surface area contributed by atoms with Crippen molar-refractivity contribution < 1.29 is 14.8 Å². The number of carboxylic acids is 1. The predicted molar refractivity (Wildman–Crippen MR) is 72.2 cm³/mol. The van der Waals surface area contributed by atoms with Gasteiger partial charge in [-0.1, -0.05) is 38.8 Å². The fraction of sp³-hybridized carbons (Fsp3) is 0.500. The highest BCUT2D eigenvalue weighted by Crippen LogP contribution is 2.35. The van der Waals surface area contributed by atoms with Crippen molar-refractivity contribution in [3.05, 3.63) is 39.9 Å². The van der Waals surface area contributed by atoms with Gasteiger partial charge in [0.15, 0.2) is 0 Å². The van der Waals surface area contributed by atoms with Crippen LogP contribution in [0.2, 0.25) is 0 Å².